The van der Waals surface area contributed by atoms with Crippen molar-refractivity contribution in [3.63, 3.8) is 0 Å². The van der Waals surface area contributed by atoms with E-state index >= 15 is 0 Å². The summed E-state index contributed by atoms with van der Waals surface area (Å²) in [6.07, 6.45) is 3.56. The first-order valence-electron chi connectivity index (χ1n) is 9.69. The Balaban J connectivity index is 1.72. The first-order valence-corrected chi connectivity index (χ1v) is 9.69. The van der Waals surface area contributed by atoms with Crippen LogP contribution in [0.2, 0.25) is 0 Å². The van der Waals surface area contributed by atoms with Crippen molar-refractivity contribution in [1.82, 2.24) is 19.4 Å². The van der Waals surface area contributed by atoms with E-state index in [0.717, 1.165) is 19.4 Å². The third kappa shape index (κ3) is 2.72. The van der Waals surface area contributed by atoms with E-state index in [1.165, 1.54) is 10.5 Å². The van der Waals surface area contributed by atoms with Gasteiger partial charge in [-0.25, -0.2) is 14.4 Å². The van der Waals surface area contributed by atoms with Crippen LogP contribution in [0.1, 0.15) is 28.9 Å². The van der Waals surface area contributed by atoms with Gasteiger partial charge in [0.05, 0.1) is 0 Å². The van der Waals surface area contributed by atoms with Crippen molar-refractivity contribution in [2.45, 2.75) is 25.8 Å². The molecule has 1 N–H and O–H groups in total. The molecule has 29 heavy (non-hydrogen) atoms. The fourth-order valence-corrected chi connectivity index (χ4v) is 4.27. The van der Waals surface area contributed by atoms with Gasteiger partial charge in [0.1, 0.15) is 22.8 Å². The lowest BCUT2D eigenvalue weighted by Crippen LogP contribution is -2.41. The number of aryl methyl sites for hydroxylation is 1. The number of rotatable bonds is 2. The Kier molecular flexibility index (Phi) is 3.97. The second kappa shape index (κ2) is 6.54. The predicted molar refractivity (Wildman–Crippen MR) is 110 cm³/mol. The van der Waals surface area contributed by atoms with Gasteiger partial charge in [0, 0.05) is 44.1 Å². The summed E-state index contributed by atoms with van der Waals surface area (Å²) in [6.45, 7) is 3.10. The van der Waals surface area contributed by atoms with Gasteiger partial charge in [0.25, 0.3) is 11.5 Å². The van der Waals surface area contributed by atoms with Crippen LogP contribution < -0.4 is 20.7 Å². The summed E-state index contributed by atoms with van der Waals surface area (Å²) in [7, 11) is 1.76. The van der Waals surface area contributed by atoms with Crippen LogP contribution in [0.5, 0.6) is 0 Å². The summed E-state index contributed by atoms with van der Waals surface area (Å²) >= 11 is 0. The van der Waals surface area contributed by atoms with Gasteiger partial charge in [0.2, 0.25) is 5.95 Å². The molecular formula is C20H21N7O2. The van der Waals surface area contributed by atoms with E-state index in [1.807, 2.05) is 6.07 Å². The Morgan fingerprint density at radius 1 is 1.21 bits per heavy atom. The van der Waals surface area contributed by atoms with E-state index in [-0.39, 0.29) is 17.5 Å². The highest BCUT2D eigenvalue weighted by atomic mass is 16.2. The predicted octanol–water partition coefficient (Wildman–Crippen LogP) is 1.46. The summed E-state index contributed by atoms with van der Waals surface area (Å²) in [5, 5.41) is 2.94. The number of amides is 1. The topological polar surface area (TPSA) is 95.7 Å². The van der Waals surface area contributed by atoms with E-state index in [2.05, 4.69) is 25.2 Å². The van der Waals surface area contributed by atoms with Crippen LogP contribution in [-0.2, 0) is 0 Å². The third-order valence-electron chi connectivity index (χ3n) is 5.58. The molecule has 2 aliphatic heterocycles. The molecular weight excluding hydrogens is 370 g/mol. The minimum Gasteiger partial charge on any atom is -0.357 e. The van der Waals surface area contributed by atoms with Crippen LogP contribution in [-0.4, -0.2) is 51.4 Å². The van der Waals surface area contributed by atoms with Crippen molar-refractivity contribution in [1.29, 1.82) is 0 Å². The minimum absolute atomic E-state index is 0.129. The number of pyridine rings is 1. The largest absolute Gasteiger partial charge is 0.357 e. The van der Waals surface area contributed by atoms with E-state index in [9.17, 15) is 9.59 Å². The standard InChI is InChI=1S/C20H21N7O2/c1-12-9-17(28)27-15(23-12)6-3-7-16(27)26-11-13-5-4-8-25(13)18-14(19(26)29)10-22-20(21-2)24-18/h3,6-7,9-10,13H,4-5,8,11H2,1-2H3,(H,21,22,24)/t13-/m0/s1. The van der Waals surface area contributed by atoms with Gasteiger partial charge in [-0.05, 0) is 31.9 Å². The number of carbonyl (C=O) groups is 1. The van der Waals surface area contributed by atoms with Crippen molar-refractivity contribution in [2.75, 3.05) is 35.3 Å². The van der Waals surface area contributed by atoms with Gasteiger partial charge in [-0.15, -0.1) is 0 Å². The molecule has 9 heteroatoms. The molecule has 0 radical (unpaired) electrons. The van der Waals surface area contributed by atoms with Crippen LogP contribution in [0, 0.1) is 6.92 Å². The number of aromatic nitrogens is 4. The second-order valence-electron chi connectivity index (χ2n) is 7.40. The average molecular weight is 391 g/mol. The summed E-state index contributed by atoms with van der Waals surface area (Å²) in [4.78, 5) is 43.5. The zero-order chi connectivity index (χ0) is 20.1. The number of anilines is 3. The molecule has 3 aromatic rings. The Labute approximate surface area is 167 Å². The van der Waals surface area contributed by atoms with Crippen LogP contribution in [0.3, 0.4) is 0 Å². The van der Waals surface area contributed by atoms with Gasteiger partial charge in [-0.2, -0.15) is 4.98 Å². The number of fused-ring (bicyclic) bond motifs is 4. The van der Waals surface area contributed by atoms with Crippen molar-refractivity contribution in [3.8, 4) is 0 Å². The molecule has 9 nitrogen and oxygen atoms in total. The maximum absolute atomic E-state index is 13.6. The Morgan fingerprint density at radius 2 is 2.07 bits per heavy atom. The quantitative estimate of drug-likeness (QED) is 0.707. The molecule has 2 aliphatic rings. The molecule has 0 unspecified atom stereocenters. The lowest BCUT2D eigenvalue weighted by molar-refractivity contribution is 0.0987. The molecule has 0 bridgehead atoms. The highest BCUT2D eigenvalue weighted by molar-refractivity contribution is 6.09. The first kappa shape index (κ1) is 17.6. The smallest absolute Gasteiger partial charge is 0.264 e. The van der Waals surface area contributed by atoms with E-state index < -0.39 is 0 Å². The van der Waals surface area contributed by atoms with Crippen molar-refractivity contribution in [3.05, 3.63) is 52.1 Å². The zero-order valence-electron chi connectivity index (χ0n) is 16.3. The second-order valence-corrected chi connectivity index (χ2v) is 7.40. The van der Waals surface area contributed by atoms with Crippen LogP contribution >= 0.6 is 0 Å². The molecule has 0 aliphatic carbocycles. The third-order valence-corrected chi connectivity index (χ3v) is 5.58. The lowest BCUT2D eigenvalue weighted by atomic mass is 10.2. The molecule has 0 saturated carbocycles. The van der Waals surface area contributed by atoms with Crippen molar-refractivity contribution in [2.24, 2.45) is 0 Å². The molecule has 5 heterocycles. The van der Waals surface area contributed by atoms with Crippen LogP contribution in [0.25, 0.3) is 5.65 Å². The minimum atomic E-state index is -0.211. The van der Waals surface area contributed by atoms with E-state index in [4.69, 9.17) is 0 Å². The maximum atomic E-state index is 13.6. The number of carbonyl (C=O) groups excluding carboxylic acids is 1. The molecule has 1 atom stereocenters. The molecule has 3 aromatic heterocycles. The number of nitrogens with zero attached hydrogens (tertiary/aromatic N) is 6. The lowest BCUT2D eigenvalue weighted by Gasteiger charge is -2.27. The van der Waals surface area contributed by atoms with Gasteiger partial charge in [-0.1, -0.05) is 6.07 Å². The molecule has 148 valence electrons. The molecule has 1 amide bonds. The Bertz CT molecular complexity index is 1190. The maximum Gasteiger partial charge on any atom is 0.264 e. The zero-order valence-corrected chi connectivity index (χ0v) is 16.3. The summed E-state index contributed by atoms with van der Waals surface area (Å²) in [6, 6.07) is 7.00. The number of hydrogen-bond acceptors (Lipinski definition) is 7. The highest BCUT2D eigenvalue weighted by Crippen LogP contribution is 2.33. The molecule has 1 fully saturated rings. The fourth-order valence-electron chi connectivity index (χ4n) is 4.27. The Hall–Kier alpha value is -3.49. The van der Waals surface area contributed by atoms with Gasteiger partial charge in [-0.3, -0.25) is 14.5 Å². The normalized spacial score (nSPS) is 18.6. The Morgan fingerprint density at radius 3 is 2.90 bits per heavy atom. The molecule has 1 saturated heterocycles. The summed E-state index contributed by atoms with van der Waals surface area (Å²) in [5.41, 5.74) is 1.41. The monoisotopic (exact) mass is 391 g/mol. The number of hydrogen-bond donors (Lipinski definition) is 1. The van der Waals surface area contributed by atoms with Crippen LogP contribution in [0.15, 0.2) is 35.3 Å². The summed E-state index contributed by atoms with van der Waals surface area (Å²) in [5.74, 6) is 1.44. The van der Waals surface area contributed by atoms with Gasteiger partial charge >= 0.3 is 0 Å². The highest BCUT2D eigenvalue weighted by Gasteiger charge is 2.38. The average Bonchev–Trinajstić information content (AvgIpc) is 3.14. The first-order chi connectivity index (χ1) is 14.1. The molecule has 0 spiro atoms. The van der Waals surface area contributed by atoms with E-state index in [1.54, 1.807) is 37.2 Å². The summed E-state index contributed by atoms with van der Waals surface area (Å²) < 4.78 is 1.50. The van der Waals surface area contributed by atoms with Crippen molar-refractivity contribution < 1.29 is 4.79 Å². The van der Waals surface area contributed by atoms with Gasteiger partial charge < -0.3 is 10.2 Å². The van der Waals surface area contributed by atoms with Crippen LogP contribution in [0.4, 0.5) is 17.6 Å². The van der Waals surface area contributed by atoms with E-state index in [0.29, 0.717) is 41.0 Å². The molecule has 5 rings (SSSR count). The molecule has 0 aromatic carbocycles. The SMILES string of the molecule is CNc1ncc2c(n1)N1CCC[C@H]1CN(c1cccc3nc(C)cc(=O)n13)C2=O. The fraction of sp³-hybridized carbons (Fsp3) is 0.350. The number of nitrogens with one attached hydrogen (secondary N) is 1. The van der Waals surface area contributed by atoms with Crippen molar-refractivity contribution >= 4 is 29.1 Å². The van der Waals surface area contributed by atoms with Gasteiger partial charge in [0.15, 0.2) is 0 Å².